The number of aromatic nitrogens is 2. The summed E-state index contributed by atoms with van der Waals surface area (Å²) >= 11 is 0. The van der Waals surface area contributed by atoms with Crippen molar-refractivity contribution in [2.75, 3.05) is 6.61 Å². The van der Waals surface area contributed by atoms with Gasteiger partial charge in [0.25, 0.3) is 0 Å². The van der Waals surface area contributed by atoms with Crippen LogP contribution in [0.2, 0.25) is 0 Å². The monoisotopic (exact) mass is 166 g/mol. The first-order valence-corrected chi connectivity index (χ1v) is 3.88. The van der Waals surface area contributed by atoms with E-state index < -0.39 is 6.10 Å². The Labute approximate surface area is 69.9 Å². The van der Waals surface area contributed by atoms with E-state index in [4.69, 9.17) is 4.74 Å². The Morgan fingerprint density at radius 2 is 2.58 bits per heavy atom. The molecule has 2 heterocycles. The van der Waals surface area contributed by atoms with Gasteiger partial charge in [0.15, 0.2) is 6.10 Å². The summed E-state index contributed by atoms with van der Waals surface area (Å²) in [6.07, 6.45) is 5.30. The molecular weight excluding hydrogens is 156 g/mol. The van der Waals surface area contributed by atoms with E-state index in [-0.39, 0.29) is 0 Å². The molecule has 2 rings (SSSR count). The van der Waals surface area contributed by atoms with Crippen LogP contribution < -0.4 is 0 Å². The van der Waals surface area contributed by atoms with Gasteiger partial charge in [0.2, 0.25) is 0 Å². The van der Waals surface area contributed by atoms with Crippen LogP contribution in [0.25, 0.3) is 0 Å². The molecule has 1 aliphatic heterocycles. The number of H-pyrrole nitrogens is 1. The van der Waals surface area contributed by atoms with Crippen molar-refractivity contribution in [3.05, 3.63) is 30.1 Å². The van der Waals surface area contributed by atoms with Gasteiger partial charge >= 0.3 is 0 Å². The van der Waals surface area contributed by atoms with Crippen LogP contribution in [-0.2, 0) is 4.74 Å². The summed E-state index contributed by atoms with van der Waals surface area (Å²) in [4.78, 5) is 6.77. The second-order valence-corrected chi connectivity index (χ2v) is 2.62. The molecule has 1 atom stereocenters. The van der Waals surface area contributed by atoms with Crippen LogP contribution >= 0.6 is 0 Å². The van der Waals surface area contributed by atoms with Crippen LogP contribution in [0.15, 0.2) is 24.2 Å². The number of nitrogens with one attached hydrogen (secondary N) is 1. The Balaban J connectivity index is 2.14. The van der Waals surface area contributed by atoms with E-state index in [0.717, 1.165) is 6.42 Å². The number of rotatable bonds is 2. The molecule has 1 aliphatic rings. The topological polar surface area (TPSA) is 58.1 Å². The number of aromatic amines is 1. The lowest BCUT2D eigenvalue weighted by Gasteiger charge is -2.08. The molecular formula is C8H10N2O2. The number of ether oxygens (including phenoxy) is 1. The molecule has 1 unspecified atom stereocenters. The molecule has 0 aromatic carbocycles. The van der Waals surface area contributed by atoms with E-state index in [0.29, 0.717) is 18.2 Å². The van der Waals surface area contributed by atoms with E-state index in [1.165, 1.54) is 0 Å². The highest BCUT2D eigenvalue weighted by Crippen LogP contribution is 2.23. The third kappa shape index (κ3) is 1.21. The van der Waals surface area contributed by atoms with Crippen LogP contribution in [0.4, 0.5) is 0 Å². The average Bonchev–Trinajstić information content (AvgIpc) is 2.77. The zero-order chi connectivity index (χ0) is 8.39. The maximum atomic E-state index is 9.62. The number of hydrogen-bond donors (Lipinski definition) is 2. The molecule has 64 valence electrons. The van der Waals surface area contributed by atoms with E-state index in [1.54, 1.807) is 12.4 Å². The van der Waals surface area contributed by atoms with Gasteiger partial charge in [-0.05, 0) is 6.08 Å². The maximum absolute atomic E-state index is 9.62. The van der Waals surface area contributed by atoms with Gasteiger partial charge < -0.3 is 14.8 Å². The van der Waals surface area contributed by atoms with Crippen LogP contribution in [0.1, 0.15) is 18.3 Å². The zero-order valence-corrected chi connectivity index (χ0v) is 6.53. The van der Waals surface area contributed by atoms with Crippen molar-refractivity contribution in [3.8, 4) is 0 Å². The summed E-state index contributed by atoms with van der Waals surface area (Å²) in [5, 5.41) is 9.62. The molecule has 0 radical (unpaired) electrons. The third-order valence-electron chi connectivity index (χ3n) is 1.78. The zero-order valence-electron chi connectivity index (χ0n) is 6.53. The predicted molar refractivity (Wildman–Crippen MR) is 42.2 cm³/mol. The number of aliphatic hydroxyl groups excluding tert-OH is 1. The molecule has 1 aromatic rings. The lowest BCUT2D eigenvalue weighted by Crippen LogP contribution is -2.03. The molecule has 0 aliphatic carbocycles. The van der Waals surface area contributed by atoms with Gasteiger partial charge in [-0.1, -0.05) is 0 Å². The molecule has 12 heavy (non-hydrogen) atoms. The number of aliphatic hydroxyl groups is 1. The van der Waals surface area contributed by atoms with Crippen LogP contribution in [0.5, 0.6) is 0 Å². The molecule has 4 heteroatoms. The van der Waals surface area contributed by atoms with Crippen molar-refractivity contribution in [1.29, 1.82) is 0 Å². The fourth-order valence-electron chi connectivity index (χ4n) is 1.19. The van der Waals surface area contributed by atoms with Gasteiger partial charge in [0, 0.05) is 18.8 Å². The van der Waals surface area contributed by atoms with Crippen molar-refractivity contribution >= 4 is 0 Å². The highest BCUT2D eigenvalue weighted by atomic mass is 16.5. The molecule has 1 aromatic heterocycles. The van der Waals surface area contributed by atoms with Gasteiger partial charge in [-0.3, -0.25) is 0 Å². The van der Waals surface area contributed by atoms with E-state index >= 15 is 0 Å². The summed E-state index contributed by atoms with van der Waals surface area (Å²) in [6.45, 7) is 0.660. The van der Waals surface area contributed by atoms with Gasteiger partial charge in [0.05, 0.1) is 6.61 Å². The number of imidazole rings is 1. The smallest absolute Gasteiger partial charge is 0.168 e. The van der Waals surface area contributed by atoms with E-state index in [1.807, 2.05) is 6.08 Å². The molecule has 0 spiro atoms. The van der Waals surface area contributed by atoms with Crippen molar-refractivity contribution in [3.63, 3.8) is 0 Å². The summed E-state index contributed by atoms with van der Waals surface area (Å²) in [5.41, 5.74) is 0. The first kappa shape index (κ1) is 7.36. The van der Waals surface area contributed by atoms with Crippen LogP contribution in [0.3, 0.4) is 0 Å². The average molecular weight is 166 g/mol. The summed E-state index contributed by atoms with van der Waals surface area (Å²) in [7, 11) is 0. The number of nitrogens with zero attached hydrogens (tertiary/aromatic N) is 1. The number of hydrogen-bond acceptors (Lipinski definition) is 3. The normalized spacial score (nSPS) is 18.6. The van der Waals surface area contributed by atoms with E-state index in [2.05, 4.69) is 9.97 Å². The quantitative estimate of drug-likeness (QED) is 0.681. The molecule has 2 N–H and O–H groups in total. The SMILES string of the molecule is OC(C1=CCCO1)c1ncc[nH]1. The minimum Gasteiger partial charge on any atom is -0.495 e. The second kappa shape index (κ2) is 2.98. The third-order valence-corrected chi connectivity index (χ3v) is 1.78. The van der Waals surface area contributed by atoms with Gasteiger partial charge in [-0.15, -0.1) is 0 Å². The van der Waals surface area contributed by atoms with Crippen molar-refractivity contribution < 1.29 is 9.84 Å². The fourth-order valence-corrected chi connectivity index (χ4v) is 1.19. The molecule has 0 saturated heterocycles. The Morgan fingerprint density at radius 3 is 3.17 bits per heavy atom. The van der Waals surface area contributed by atoms with Crippen molar-refractivity contribution in [2.45, 2.75) is 12.5 Å². The summed E-state index contributed by atoms with van der Waals surface area (Å²) in [5.74, 6) is 1.13. The first-order valence-electron chi connectivity index (χ1n) is 3.88. The summed E-state index contributed by atoms with van der Waals surface area (Å²) < 4.78 is 5.19. The standard InChI is InChI=1S/C8H10N2O2/c11-7(6-2-1-5-12-6)8-9-3-4-10-8/h2-4,7,11H,1,5H2,(H,9,10). The maximum Gasteiger partial charge on any atom is 0.168 e. The lowest BCUT2D eigenvalue weighted by molar-refractivity contribution is 0.113. The molecule has 4 nitrogen and oxygen atoms in total. The Hall–Kier alpha value is -1.29. The Morgan fingerprint density at radius 1 is 1.67 bits per heavy atom. The molecule has 0 amide bonds. The minimum absolute atomic E-state index is 0.531. The fraction of sp³-hybridized carbons (Fsp3) is 0.375. The highest BCUT2D eigenvalue weighted by Gasteiger charge is 2.19. The van der Waals surface area contributed by atoms with Crippen LogP contribution in [-0.4, -0.2) is 21.7 Å². The second-order valence-electron chi connectivity index (χ2n) is 2.62. The van der Waals surface area contributed by atoms with Crippen molar-refractivity contribution in [2.24, 2.45) is 0 Å². The lowest BCUT2D eigenvalue weighted by atomic mass is 10.2. The van der Waals surface area contributed by atoms with Gasteiger partial charge in [-0.2, -0.15) is 0 Å². The highest BCUT2D eigenvalue weighted by molar-refractivity contribution is 5.11. The Kier molecular flexibility index (Phi) is 1.83. The summed E-state index contributed by atoms with van der Waals surface area (Å²) in [6, 6.07) is 0. The molecule has 0 fully saturated rings. The van der Waals surface area contributed by atoms with Gasteiger partial charge in [-0.25, -0.2) is 4.98 Å². The molecule has 0 bridgehead atoms. The van der Waals surface area contributed by atoms with Crippen molar-refractivity contribution in [1.82, 2.24) is 9.97 Å². The largest absolute Gasteiger partial charge is 0.495 e. The van der Waals surface area contributed by atoms with Gasteiger partial charge in [0.1, 0.15) is 11.6 Å². The predicted octanol–water partition coefficient (Wildman–Crippen LogP) is 0.747. The van der Waals surface area contributed by atoms with Crippen LogP contribution in [0, 0.1) is 0 Å². The van der Waals surface area contributed by atoms with E-state index in [9.17, 15) is 5.11 Å². The minimum atomic E-state index is -0.734. The molecule has 0 saturated carbocycles. The Bertz CT molecular complexity index is 279. The first-order chi connectivity index (χ1) is 5.88.